The summed E-state index contributed by atoms with van der Waals surface area (Å²) in [5.41, 5.74) is 0.379. The molecule has 112 valence electrons. The molecule has 0 saturated heterocycles. The fraction of sp³-hybridized carbons (Fsp3) is 0.429. The highest BCUT2D eigenvalue weighted by atomic mass is 32.1. The van der Waals surface area contributed by atoms with Gasteiger partial charge in [-0.25, -0.2) is 0 Å². The number of aromatic amines is 1. The average molecular weight is 307 g/mol. The number of carbonyl (C=O) groups excluding carboxylic acids is 1. The minimum Gasteiger partial charge on any atom is -0.506 e. The van der Waals surface area contributed by atoms with E-state index >= 15 is 0 Å². The van der Waals surface area contributed by atoms with Crippen molar-refractivity contribution in [3.05, 3.63) is 22.0 Å². The summed E-state index contributed by atoms with van der Waals surface area (Å²) >= 11 is 1.27. The van der Waals surface area contributed by atoms with Crippen molar-refractivity contribution in [1.29, 1.82) is 0 Å². The number of amides is 1. The lowest BCUT2D eigenvalue weighted by Crippen LogP contribution is -2.26. The Morgan fingerprint density at radius 3 is 2.81 bits per heavy atom. The van der Waals surface area contributed by atoms with Gasteiger partial charge in [0.15, 0.2) is 0 Å². The van der Waals surface area contributed by atoms with Crippen molar-refractivity contribution in [1.82, 2.24) is 10.3 Å². The quantitative estimate of drug-likeness (QED) is 0.695. The lowest BCUT2D eigenvalue weighted by atomic mass is 10.2. The van der Waals surface area contributed by atoms with E-state index in [-0.39, 0.29) is 23.7 Å². The third-order valence-corrected chi connectivity index (χ3v) is 4.36. The van der Waals surface area contributed by atoms with Gasteiger partial charge in [0.1, 0.15) is 10.8 Å². The van der Waals surface area contributed by atoms with E-state index in [0.29, 0.717) is 20.8 Å². The van der Waals surface area contributed by atoms with Crippen LogP contribution < -0.4 is 16.2 Å². The van der Waals surface area contributed by atoms with Gasteiger partial charge < -0.3 is 20.7 Å². The van der Waals surface area contributed by atoms with Crippen molar-refractivity contribution in [3.8, 4) is 5.75 Å². The van der Waals surface area contributed by atoms with E-state index in [0.717, 1.165) is 18.9 Å². The van der Waals surface area contributed by atoms with Crippen LogP contribution in [0.3, 0.4) is 0 Å². The van der Waals surface area contributed by atoms with Crippen LogP contribution in [0.1, 0.15) is 37.0 Å². The highest BCUT2D eigenvalue weighted by Crippen LogP contribution is 2.39. The molecule has 1 aliphatic rings. The molecule has 4 N–H and O–H groups in total. The molecule has 0 unspecified atom stereocenters. The summed E-state index contributed by atoms with van der Waals surface area (Å²) in [7, 11) is 0. The molecular formula is C14H17N3O3S. The average Bonchev–Trinajstić information content (AvgIpc) is 3.09. The number of carbonyl (C=O) groups is 1. The van der Waals surface area contributed by atoms with Gasteiger partial charge in [-0.15, -0.1) is 11.3 Å². The molecular weight excluding hydrogens is 290 g/mol. The Labute approximate surface area is 125 Å². The van der Waals surface area contributed by atoms with E-state index < -0.39 is 5.56 Å². The van der Waals surface area contributed by atoms with Crippen LogP contribution in [-0.4, -0.2) is 28.1 Å². The number of hydrogen-bond donors (Lipinski definition) is 4. The summed E-state index contributed by atoms with van der Waals surface area (Å²) < 4.78 is 0.513. The highest BCUT2D eigenvalue weighted by molar-refractivity contribution is 7.23. The van der Waals surface area contributed by atoms with E-state index in [9.17, 15) is 14.7 Å². The normalized spacial score (nSPS) is 14.6. The van der Waals surface area contributed by atoms with E-state index in [1.807, 2.05) is 13.8 Å². The third-order valence-electron chi connectivity index (χ3n) is 3.22. The summed E-state index contributed by atoms with van der Waals surface area (Å²) in [5.74, 6) is -0.316. The minimum atomic E-state index is -0.422. The van der Waals surface area contributed by atoms with Crippen LogP contribution in [0.4, 0.5) is 5.00 Å². The monoisotopic (exact) mass is 307 g/mol. The molecule has 1 saturated carbocycles. The Balaban J connectivity index is 2.15. The van der Waals surface area contributed by atoms with E-state index in [2.05, 4.69) is 15.6 Å². The fourth-order valence-corrected chi connectivity index (χ4v) is 3.36. The van der Waals surface area contributed by atoms with E-state index in [1.54, 1.807) is 0 Å². The molecule has 1 amide bonds. The zero-order chi connectivity index (χ0) is 15.1. The zero-order valence-corrected chi connectivity index (χ0v) is 12.6. The van der Waals surface area contributed by atoms with Gasteiger partial charge in [-0.2, -0.15) is 0 Å². The molecule has 2 aromatic rings. The van der Waals surface area contributed by atoms with Crippen molar-refractivity contribution in [2.24, 2.45) is 0 Å². The number of nitrogens with one attached hydrogen (secondary N) is 3. The molecule has 3 rings (SSSR count). The predicted octanol–water partition coefficient (Wildman–Crippen LogP) is 2.01. The molecule has 0 bridgehead atoms. The van der Waals surface area contributed by atoms with Crippen LogP contribution in [0.5, 0.6) is 5.75 Å². The summed E-state index contributed by atoms with van der Waals surface area (Å²) in [6.07, 6.45) is 1.98. The second kappa shape index (κ2) is 5.07. The number of pyridine rings is 1. The van der Waals surface area contributed by atoms with E-state index in [1.165, 1.54) is 11.3 Å². The first-order chi connectivity index (χ1) is 9.95. The van der Waals surface area contributed by atoms with Crippen LogP contribution in [0.25, 0.3) is 10.2 Å². The number of hydrogen-bond acceptors (Lipinski definition) is 5. The lowest BCUT2D eigenvalue weighted by molar-refractivity contribution is 0.0953. The molecule has 1 aliphatic carbocycles. The number of rotatable bonds is 4. The standard InChI is InChI=1S/C14H17N3O3S/c1-6(2)15-14-10(13(20)16-7-3-4-7)11-12(21-14)8(18)5-9(19)17-11/h5-7,15H,3-4H2,1-2H3,(H,16,20)(H2,17,18,19). The predicted molar refractivity (Wildman–Crippen MR) is 83.4 cm³/mol. The molecule has 2 aromatic heterocycles. The van der Waals surface area contributed by atoms with Crippen LogP contribution in [0, 0.1) is 0 Å². The summed E-state index contributed by atoms with van der Waals surface area (Å²) in [6.45, 7) is 3.94. The van der Waals surface area contributed by atoms with Gasteiger partial charge in [0.05, 0.1) is 15.8 Å². The van der Waals surface area contributed by atoms with Crippen LogP contribution in [0.2, 0.25) is 0 Å². The Bertz CT molecular complexity index is 759. The number of aromatic nitrogens is 1. The van der Waals surface area contributed by atoms with Crippen molar-refractivity contribution >= 4 is 32.5 Å². The van der Waals surface area contributed by atoms with Crippen LogP contribution in [-0.2, 0) is 0 Å². The van der Waals surface area contributed by atoms with Gasteiger partial charge in [0.25, 0.3) is 11.5 Å². The molecule has 0 atom stereocenters. The number of thiophene rings is 1. The Hall–Kier alpha value is -2.02. The van der Waals surface area contributed by atoms with Crippen molar-refractivity contribution in [3.63, 3.8) is 0 Å². The topological polar surface area (TPSA) is 94.2 Å². The van der Waals surface area contributed by atoms with Gasteiger partial charge in [0, 0.05) is 18.2 Å². The fourth-order valence-electron chi connectivity index (χ4n) is 2.15. The zero-order valence-electron chi connectivity index (χ0n) is 11.8. The Morgan fingerprint density at radius 1 is 1.48 bits per heavy atom. The number of aromatic hydroxyl groups is 1. The van der Waals surface area contributed by atoms with Crippen molar-refractivity contribution in [2.75, 3.05) is 5.32 Å². The van der Waals surface area contributed by atoms with Crippen molar-refractivity contribution in [2.45, 2.75) is 38.8 Å². The molecule has 0 radical (unpaired) electrons. The summed E-state index contributed by atoms with van der Waals surface area (Å²) in [4.78, 5) is 26.7. The van der Waals surface area contributed by atoms with Crippen molar-refractivity contribution < 1.29 is 9.90 Å². The molecule has 0 aromatic carbocycles. The van der Waals surface area contributed by atoms with Crippen LogP contribution >= 0.6 is 11.3 Å². The number of fused-ring (bicyclic) bond motifs is 1. The van der Waals surface area contributed by atoms with Gasteiger partial charge in [-0.3, -0.25) is 9.59 Å². The first-order valence-electron chi connectivity index (χ1n) is 6.92. The first-order valence-corrected chi connectivity index (χ1v) is 7.73. The van der Waals surface area contributed by atoms with Crippen LogP contribution in [0.15, 0.2) is 10.9 Å². The maximum atomic E-state index is 12.4. The SMILES string of the molecule is CC(C)Nc1sc2c(O)cc(=O)[nH]c2c1C(=O)NC1CC1. The summed E-state index contributed by atoms with van der Waals surface area (Å²) in [5, 5.41) is 16.7. The molecule has 0 spiro atoms. The summed E-state index contributed by atoms with van der Waals surface area (Å²) in [6, 6.07) is 1.49. The molecule has 6 nitrogen and oxygen atoms in total. The Kier molecular flexibility index (Phi) is 3.36. The molecule has 7 heteroatoms. The maximum Gasteiger partial charge on any atom is 0.256 e. The second-order valence-corrected chi connectivity index (χ2v) is 6.60. The molecule has 2 heterocycles. The largest absolute Gasteiger partial charge is 0.506 e. The van der Waals surface area contributed by atoms with Gasteiger partial charge in [0.2, 0.25) is 0 Å². The van der Waals surface area contributed by atoms with Gasteiger partial charge >= 0.3 is 0 Å². The van der Waals surface area contributed by atoms with E-state index in [4.69, 9.17) is 0 Å². The Morgan fingerprint density at radius 2 is 2.19 bits per heavy atom. The molecule has 21 heavy (non-hydrogen) atoms. The maximum absolute atomic E-state index is 12.4. The smallest absolute Gasteiger partial charge is 0.256 e. The highest BCUT2D eigenvalue weighted by Gasteiger charge is 2.28. The first kappa shape index (κ1) is 13.9. The van der Waals surface area contributed by atoms with Gasteiger partial charge in [-0.05, 0) is 26.7 Å². The van der Waals surface area contributed by atoms with Gasteiger partial charge in [-0.1, -0.05) is 0 Å². The minimum absolute atomic E-state index is 0.101. The third kappa shape index (κ3) is 2.73. The number of H-pyrrole nitrogens is 1. The molecule has 0 aliphatic heterocycles. The molecule has 1 fully saturated rings. The lowest BCUT2D eigenvalue weighted by Gasteiger charge is -2.10. The second-order valence-electron chi connectivity index (χ2n) is 5.58. The number of anilines is 1.